The Balaban J connectivity index is 0.000000197. The third kappa shape index (κ3) is 8.69. The van der Waals surface area contributed by atoms with Crippen molar-refractivity contribution in [1.82, 2.24) is 0 Å². The summed E-state index contributed by atoms with van der Waals surface area (Å²) < 4.78 is 0. The van der Waals surface area contributed by atoms with Gasteiger partial charge in [0.1, 0.15) is 0 Å². The molecule has 0 heterocycles. The monoisotopic (exact) mass is 800 g/mol. The normalized spacial score (nSPS) is 10.9. The van der Waals surface area contributed by atoms with Crippen molar-refractivity contribution in [3.63, 3.8) is 0 Å². The zero-order valence-electron chi connectivity index (χ0n) is 30.0. The van der Waals surface area contributed by atoms with Crippen molar-refractivity contribution < 1.29 is 48.1 Å². The molecule has 0 atom stereocenters. The minimum Gasteiger partial charge on any atom is -1.00 e. The predicted molar refractivity (Wildman–Crippen MR) is 215 cm³/mol. The van der Waals surface area contributed by atoms with Gasteiger partial charge in [-0.1, -0.05) is 142 Å². The van der Waals surface area contributed by atoms with Crippen molar-refractivity contribution in [3.05, 3.63) is 151 Å². The second-order valence-corrected chi connectivity index (χ2v) is 28.6. The molecule has 8 aromatic rings. The molecule has 252 valence electrons. The Bertz CT molecular complexity index is 2390. The van der Waals surface area contributed by atoms with Gasteiger partial charge < -0.3 is 24.8 Å². The van der Waals surface area contributed by atoms with Crippen LogP contribution in [0.5, 0.6) is 0 Å². The van der Waals surface area contributed by atoms with Gasteiger partial charge in [0.25, 0.3) is 0 Å². The van der Waals surface area contributed by atoms with E-state index in [1.54, 1.807) is 28.5 Å². The number of aryl methyl sites for hydroxylation is 2. The third-order valence-corrected chi connectivity index (χ3v) is 11.0. The van der Waals surface area contributed by atoms with Crippen LogP contribution in [0.25, 0.3) is 65.3 Å². The molecule has 0 radical (unpaired) electrons. The summed E-state index contributed by atoms with van der Waals surface area (Å²) in [4.78, 5) is 0. The van der Waals surface area contributed by atoms with E-state index in [0.717, 1.165) is 0 Å². The fourth-order valence-electron chi connectivity index (χ4n) is 6.65. The van der Waals surface area contributed by atoms with Crippen LogP contribution in [0, 0.1) is 13.8 Å². The molecule has 0 saturated carbocycles. The summed E-state index contributed by atoms with van der Waals surface area (Å²) in [5.74, 6) is 0. The van der Waals surface area contributed by atoms with E-state index in [1.807, 2.05) is 0 Å². The molecule has 0 fully saturated rings. The number of fused-ring (bicyclic) bond motifs is 4. The van der Waals surface area contributed by atoms with E-state index < -0.39 is 8.07 Å². The second-order valence-electron chi connectivity index (χ2n) is 14.1. The van der Waals surface area contributed by atoms with Gasteiger partial charge in [0.05, 0.1) is 8.07 Å². The van der Waals surface area contributed by atoms with E-state index in [0.29, 0.717) is 0 Å². The fraction of sp³-hybridized carbons (Fsp3) is 0.156. The van der Waals surface area contributed by atoms with Crippen molar-refractivity contribution in [3.8, 4) is 22.3 Å². The maximum absolute atomic E-state index is 2.43. The maximum atomic E-state index is 2.43. The van der Waals surface area contributed by atoms with Gasteiger partial charge in [-0.2, -0.15) is 12.1 Å². The quantitative estimate of drug-likeness (QED) is 0.138. The first kappa shape index (κ1) is 39.7. The number of hydrogen-bond acceptors (Lipinski definition) is 0. The topological polar surface area (TPSA) is 0 Å². The van der Waals surface area contributed by atoms with Crippen LogP contribution in [0.4, 0.5) is 0 Å². The first-order chi connectivity index (χ1) is 23.0. The molecule has 0 aliphatic rings. The molecule has 0 unspecified atom stereocenters. The Labute approximate surface area is 326 Å². The van der Waals surface area contributed by atoms with Gasteiger partial charge in [-0.3, -0.25) is 0 Å². The van der Waals surface area contributed by atoms with Crippen LogP contribution >= 0.6 is 0 Å². The Morgan fingerprint density at radius 1 is 0.520 bits per heavy atom. The van der Waals surface area contributed by atoms with Gasteiger partial charge in [-0.05, 0) is 32.7 Å². The molecule has 8 rings (SSSR count). The second kappa shape index (κ2) is 17.0. The van der Waals surface area contributed by atoms with Crippen LogP contribution in [-0.2, 0) is 23.3 Å². The molecule has 0 nitrogen and oxygen atoms in total. The molecule has 50 heavy (non-hydrogen) atoms. The molecule has 0 saturated heterocycles. The van der Waals surface area contributed by atoms with E-state index in [2.05, 4.69) is 186 Å². The number of halogens is 2. The van der Waals surface area contributed by atoms with Crippen molar-refractivity contribution in [1.29, 1.82) is 0 Å². The summed E-state index contributed by atoms with van der Waals surface area (Å²) in [6.45, 7) is 16.2. The average molecular weight is 803 g/mol. The summed E-state index contributed by atoms with van der Waals surface area (Å²) >= 11 is 1.74. The molecule has 0 bridgehead atoms. The first-order valence-corrected chi connectivity index (χ1v) is 26.5. The van der Waals surface area contributed by atoms with Crippen molar-refractivity contribution in [2.45, 2.75) is 46.6 Å². The molecular weight excluding hydrogens is 759 g/mol. The Kier molecular flexibility index (Phi) is 13.5. The van der Waals surface area contributed by atoms with Gasteiger partial charge in [0, 0.05) is 0 Å². The van der Waals surface area contributed by atoms with E-state index in [4.69, 9.17) is 0 Å². The van der Waals surface area contributed by atoms with Crippen LogP contribution in [0.3, 0.4) is 0 Å². The maximum Gasteiger partial charge on any atom is -0.0114 e. The molecule has 0 aliphatic heterocycles. The summed E-state index contributed by atoms with van der Waals surface area (Å²) in [6, 6.07) is 51.1. The van der Waals surface area contributed by atoms with Gasteiger partial charge in [-0.25, -0.2) is 0 Å². The number of rotatable bonds is 3. The van der Waals surface area contributed by atoms with E-state index in [1.165, 1.54) is 76.5 Å². The summed E-state index contributed by atoms with van der Waals surface area (Å²) in [5.41, 5.74) is 8.24. The largest absolute Gasteiger partial charge is 1.00 e. The standard InChI is InChI=1S/C22H21Si.C21H17.C2H6Si.2ClH.Zr/c1-23(2,3)18-14-17-10-7-13-21(22(17)15-18)20-12-6-9-16-8-4-5-11-19(16)20;1-14-12-20-15(2)10-11-19(21(20)13-14)18-9-5-7-16-6-3-4-8-17(16)18;1-3-2;;;/h4-15H,1-3H3;3-13H,1-2H3;1-2H3;2*1H;/q2*-1;;;;+2/p-2. The van der Waals surface area contributed by atoms with E-state index >= 15 is 0 Å². The van der Waals surface area contributed by atoms with Gasteiger partial charge in [0.2, 0.25) is 0 Å². The Hall–Kier alpha value is -3.04. The van der Waals surface area contributed by atoms with Crippen molar-refractivity contribution in [2.75, 3.05) is 0 Å². The molecule has 0 spiro atoms. The average Bonchev–Trinajstić information content (AvgIpc) is 3.69. The molecular formula is C45H44Cl2Si2Zr-2. The third-order valence-electron chi connectivity index (χ3n) is 9.03. The Morgan fingerprint density at radius 3 is 1.52 bits per heavy atom. The summed E-state index contributed by atoms with van der Waals surface area (Å²) in [5, 5.41) is 12.3. The number of hydrogen-bond donors (Lipinski definition) is 0. The van der Waals surface area contributed by atoms with Crippen LogP contribution in [-0.4, -0.2) is 13.5 Å². The predicted octanol–water partition coefficient (Wildman–Crippen LogP) is 6.71. The molecule has 8 aromatic carbocycles. The van der Waals surface area contributed by atoms with Gasteiger partial charge >= 0.3 is 41.9 Å². The van der Waals surface area contributed by atoms with Crippen LogP contribution in [0.1, 0.15) is 11.1 Å². The number of benzene rings is 6. The first-order valence-electron chi connectivity index (χ1n) is 16.9. The summed E-state index contributed by atoms with van der Waals surface area (Å²) in [6.07, 6.45) is 0. The SMILES string of the molecule is C[Si](C)(C)c1cc2c(-c3cccc4ccccc34)cccc2[cH-]1.C[Si](C)=[Zr+2].Cc1cc2c(-c3cccc4ccccc34)ccc(C)c2[cH-]1.[Cl-].[Cl-]. The Morgan fingerprint density at radius 2 is 0.980 bits per heavy atom. The minimum absolute atomic E-state index is 0. The van der Waals surface area contributed by atoms with Crippen LogP contribution in [0.2, 0.25) is 32.7 Å². The zero-order valence-corrected chi connectivity index (χ0v) is 36.0. The van der Waals surface area contributed by atoms with Gasteiger partial charge in [-0.15, -0.1) is 68.2 Å². The van der Waals surface area contributed by atoms with E-state index in [-0.39, 0.29) is 30.2 Å². The smallest absolute Gasteiger partial charge is 0.0114 e. The van der Waals surface area contributed by atoms with Crippen LogP contribution in [0.15, 0.2) is 140 Å². The van der Waals surface area contributed by atoms with Crippen molar-refractivity contribution in [2.24, 2.45) is 0 Å². The van der Waals surface area contributed by atoms with Crippen LogP contribution < -0.4 is 30.0 Å². The molecule has 5 heteroatoms. The molecule has 0 aromatic heterocycles. The van der Waals surface area contributed by atoms with Gasteiger partial charge in [0.15, 0.2) is 0 Å². The molecule has 0 amide bonds. The molecule has 0 aliphatic carbocycles. The minimum atomic E-state index is -1.29. The molecule has 0 N–H and O–H groups in total. The zero-order chi connectivity index (χ0) is 34.0. The van der Waals surface area contributed by atoms with E-state index in [9.17, 15) is 0 Å². The summed E-state index contributed by atoms with van der Waals surface area (Å²) in [7, 11) is -1.29. The fourth-order valence-corrected chi connectivity index (χ4v) is 7.81. The van der Waals surface area contributed by atoms with Crippen molar-refractivity contribution >= 4 is 61.8 Å².